The van der Waals surface area contributed by atoms with Gasteiger partial charge in [0.2, 0.25) is 5.06 Å². The Kier molecular flexibility index (Phi) is 3.86. The lowest BCUT2D eigenvalue weighted by Gasteiger charge is -2.16. The molecule has 0 aliphatic heterocycles. The molecular weight excluding hydrogens is 330 g/mol. The molecule has 0 unspecified atom stereocenters. The second-order valence-corrected chi connectivity index (χ2v) is 4.05. The molecular formula is C7HF8NO3S. The molecule has 0 radical (unpaired) electrons. The maximum absolute atomic E-state index is 12.8. The van der Waals surface area contributed by atoms with Gasteiger partial charge in [0.15, 0.2) is 10.7 Å². The summed E-state index contributed by atoms with van der Waals surface area (Å²) in [5, 5.41) is 4.12. The summed E-state index contributed by atoms with van der Waals surface area (Å²) in [6.07, 6.45) is -14.0. The van der Waals surface area contributed by atoms with Crippen LogP contribution < -0.4 is 4.74 Å². The Morgan fingerprint density at radius 3 is 1.95 bits per heavy atom. The van der Waals surface area contributed by atoms with Crippen molar-refractivity contribution in [3.63, 3.8) is 0 Å². The largest absolute Gasteiger partial charge is 0.512 e. The van der Waals surface area contributed by atoms with Crippen molar-refractivity contribution in [1.29, 1.82) is 0 Å². The summed E-state index contributed by atoms with van der Waals surface area (Å²) in [5.74, 6) is -5.67. The maximum atomic E-state index is 12.8. The zero-order valence-electron chi connectivity index (χ0n) is 8.64. The highest BCUT2D eigenvalue weighted by atomic mass is 32.1. The van der Waals surface area contributed by atoms with Crippen molar-refractivity contribution in [3.8, 4) is 5.06 Å². The third kappa shape index (κ3) is 3.08. The Hall–Kier alpha value is -1.66. The zero-order valence-corrected chi connectivity index (χ0v) is 9.46. The van der Waals surface area contributed by atoms with Crippen molar-refractivity contribution in [2.24, 2.45) is 0 Å². The Balaban J connectivity index is 3.39. The molecule has 0 saturated carbocycles. The van der Waals surface area contributed by atoms with E-state index in [1.54, 1.807) is 0 Å². The minimum absolute atomic E-state index is 0.856. The fraction of sp³-hybridized carbons (Fsp3) is 0.429. The number of carbonyl (C=O) groups is 1. The Morgan fingerprint density at radius 2 is 1.60 bits per heavy atom. The van der Waals surface area contributed by atoms with E-state index in [1.165, 1.54) is 0 Å². The molecule has 0 amide bonds. The van der Waals surface area contributed by atoms with Gasteiger partial charge < -0.3 is 9.84 Å². The minimum atomic E-state index is -6.19. The zero-order chi connectivity index (χ0) is 15.9. The third-order valence-corrected chi connectivity index (χ3v) is 2.67. The standard InChI is InChI=1S/C7HF8NO3S/c8-5(9,7(13,14)15)3-16-1(6(10,11)12)2(20-3)19-4(17)18/h(H,17,18). The third-order valence-electron chi connectivity index (χ3n) is 1.67. The molecule has 0 aliphatic carbocycles. The van der Waals surface area contributed by atoms with E-state index in [0.29, 0.717) is 0 Å². The summed E-state index contributed by atoms with van der Waals surface area (Å²) in [6, 6.07) is 0. The summed E-state index contributed by atoms with van der Waals surface area (Å²) in [7, 11) is 0. The Morgan fingerprint density at radius 1 is 1.10 bits per heavy atom. The van der Waals surface area contributed by atoms with Gasteiger partial charge in [-0.2, -0.15) is 35.1 Å². The van der Waals surface area contributed by atoms with Crippen LogP contribution in [0.5, 0.6) is 5.06 Å². The molecule has 0 aromatic carbocycles. The first-order chi connectivity index (χ1) is 8.76. The van der Waals surface area contributed by atoms with Crippen LogP contribution in [-0.4, -0.2) is 22.4 Å². The molecule has 20 heavy (non-hydrogen) atoms. The van der Waals surface area contributed by atoms with Gasteiger partial charge >= 0.3 is 24.4 Å². The van der Waals surface area contributed by atoms with Crippen LogP contribution in [0.4, 0.5) is 39.9 Å². The Labute approximate surface area is 107 Å². The quantitative estimate of drug-likeness (QED) is 0.660. The predicted molar refractivity (Wildman–Crippen MR) is 45.7 cm³/mol. The number of aromatic nitrogens is 1. The molecule has 0 atom stereocenters. The Bertz CT molecular complexity index is 519. The number of halogens is 8. The molecule has 1 N–H and O–H groups in total. The average Bonchev–Trinajstić information content (AvgIpc) is 2.58. The van der Waals surface area contributed by atoms with Crippen LogP contribution in [0, 0.1) is 0 Å². The topological polar surface area (TPSA) is 59.4 Å². The van der Waals surface area contributed by atoms with E-state index in [1.807, 2.05) is 0 Å². The smallest absolute Gasteiger partial charge is 0.449 e. The maximum Gasteiger partial charge on any atom is 0.512 e. The van der Waals surface area contributed by atoms with Crippen molar-refractivity contribution in [2.75, 3.05) is 0 Å². The van der Waals surface area contributed by atoms with Gasteiger partial charge in [0.25, 0.3) is 0 Å². The molecule has 1 heterocycles. The van der Waals surface area contributed by atoms with E-state index in [-0.39, 0.29) is 0 Å². The van der Waals surface area contributed by atoms with Crippen LogP contribution in [0.2, 0.25) is 0 Å². The van der Waals surface area contributed by atoms with Crippen molar-refractivity contribution in [1.82, 2.24) is 4.98 Å². The molecule has 0 spiro atoms. The predicted octanol–water partition coefficient (Wildman–Crippen LogP) is 3.87. The van der Waals surface area contributed by atoms with Gasteiger partial charge in [-0.15, -0.1) is 0 Å². The van der Waals surface area contributed by atoms with E-state index >= 15 is 0 Å². The lowest BCUT2D eigenvalue weighted by atomic mass is 10.3. The number of hydrogen-bond acceptors (Lipinski definition) is 4. The molecule has 4 nitrogen and oxygen atoms in total. The van der Waals surface area contributed by atoms with Gasteiger partial charge in [-0.25, -0.2) is 9.78 Å². The number of alkyl halides is 8. The highest BCUT2D eigenvalue weighted by Crippen LogP contribution is 2.49. The SMILES string of the molecule is O=C(O)Oc1sc(C(F)(F)C(F)(F)F)nc1C(F)(F)F. The van der Waals surface area contributed by atoms with Gasteiger partial charge in [0.05, 0.1) is 0 Å². The van der Waals surface area contributed by atoms with E-state index in [9.17, 15) is 39.9 Å². The molecule has 1 aromatic rings. The molecule has 1 rings (SSSR count). The number of carboxylic acid groups (broad SMARTS) is 1. The van der Waals surface area contributed by atoms with E-state index in [0.717, 1.165) is 0 Å². The lowest BCUT2D eigenvalue weighted by Crippen LogP contribution is -2.33. The number of ether oxygens (including phenoxy) is 1. The van der Waals surface area contributed by atoms with Crippen molar-refractivity contribution in [2.45, 2.75) is 18.3 Å². The van der Waals surface area contributed by atoms with E-state index < -0.39 is 51.5 Å². The van der Waals surface area contributed by atoms with Crippen LogP contribution in [0.25, 0.3) is 0 Å². The van der Waals surface area contributed by atoms with Gasteiger partial charge in [0.1, 0.15) is 0 Å². The van der Waals surface area contributed by atoms with Gasteiger partial charge in [-0.3, -0.25) is 0 Å². The van der Waals surface area contributed by atoms with Crippen LogP contribution in [0.15, 0.2) is 0 Å². The molecule has 0 bridgehead atoms. The van der Waals surface area contributed by atoms with Crippen molar-refractivity contribution < 1.29 is 49.8 Å². The molecule has 0 fully saturated rings. The van der Waals surface area contributed by atoms with Crippen molar-refractivity contribution in [3.05, 3.63) is 10.7 Å². The molecule has 1 aromatic heterocycles. The number of rotatable bonds is 2. The summed E-state index contributed by atoms with van der Waals surface area (Å²) < 4.78 is 102. The summed E-state index contributed by atoms with van der Waals surface area (Å²) in [4.78, 5) is 12.2. The molecule has 114 valence electrons. The normalized spacial score (nSPS) is 13.4. The molecule has 0 saturated heterocycles. The molecule has 13 heteroatoms. The number of thiazole rings is 1. The number of nitrogens with zero attached hydrogens (tertiary/aromatic N) is 1. The highest BCUT2D eigenvalue weighted by Gasteiger charge is 2.62. The van der Waals surface area contributed by atoms with Gasteiger partial charge in [-0.05, 0) is 0 Å². The van der Waals surface area contributed by atoms with E-state index in [4.69, 9.17) is 5.11 Å². The monoisotopic (exact) mass is 331 g/mol. The minimum Gasteiger partial charge on any atom is -0.449 e. The second kappa shape index (κ2) is 4.71. The van der Waals surface area contributed by atoms with Gasteiger partial charge in [0, 0.05) is 0 Å². The molecule has 0 aliphatic rings. The first-order valence-corrected chi connectivity index (χ1v) is 5.02. The second-order valence-electron chi connectivity index (χ2n) is 3.09. The number of hydrogen-bond donors (Lipinski definition) is 1. The van der Waals surface area contributed by atoms with Crippen molar-refractivity contribution >= 4 is 17.5 Å². The van der Waals surface area contributed by atoms with E-state index in [2.05, 4.69) is 9.72 Å². The van der Waals surface area contributed by atoms with Crippen LogP contribution >= 0.6 is 11.3 Å². The lowest BCUT2D eigenvalue weighted by molar-refractivity contribution is -0.289. The summed E-state index contributed by atoms with van der Waals surface area (Å²) >= 11 is -0.856. The fourth-order valence-electron chi connectivity index (χ4n) is 0.889. The van der Waals surface area contributed by atoms with Gasteiger partial charge in [-0.1, -0.05) is 11.3 Å². The first kappa shape index (κ1) is 16.4. The summed E-state index contributed by atoms with van der Waals surface area (Å²) in [5.41, 5.74) is -2.27. The average molecular weight is 331 g/mol. The highest BCUT2D eigenvalue weighted by molar-refractivity contribution is 7.13. The summed E-state index contributed by atoms with van der Waals surface area (Å²) in [6.45, 7) is 0. The van der Waals surface area contributed by atoms with Crippen LogP contribution in [-0.2, 0) is 12.1 Å². The first-order valence-electron chi connectivity index (χ1n) is 4.20. The van der Waals surface area contributed by atoms with Crippen LogP contribution in [0.1, 0.15) is 10.7 Å². The van der Waals surface area contributed by atoms with Crippen LogP contribution in [0.3, 0.4) is 0 Å². The fourth-order valence-corrected chi connectivity index (χ4v) is 1.82.